The summed E-state index contributed by atoms with van der Waals surface area (Å²) in [6, 6.07) is 13.2. The molecule has 1 N–H and O–H groups in total. The lowest BCUT2D eigenvalue weighted by molar-refractivity contribution is 0.590. The Kier molecular flexibility index (Phi) is 4.39. The number of aryl methyl sites for hydroxylation is 1. The summed E-state index contributed by atoms with van der Waals surface area (Å²) in [7, 11) is 0. The molecule has 0 spiro atoms. The minimum atomic E-state index is 0.0535. The van der Waals surface area contributed by atoms with Crippen LogP contribution in [0.4, 0.5) is 5.82 Å². The molecule has 1 aromatic carbocycles. The molecule has 0 bridgehead atoms. The quantitative estimate of drug-likeness (QED) is 0.537. The van der Waals surface area contributed by atoms with E-state index in [1.807, 2.05) is 41.8 Å². The van der Waals surface area contributed by atoms with Crippen molar-refractivity contribution in [2.45, 2.75) is 26.3 Å². The van der Waals surface area contributed by atoms with Crippen LogP contribution in [0.5, 0.6) is 0 Å². The van der Waals surface area contributed by atoms with Gasteiger partial charge in [0.2, 0.25) is 0 Å². The molecular formula is C20H20N4O2. The molecule has 0 atom stereocenters. The molecule has 6 nitrogen and oxygen atoms in total. The van der Waals surface area contributed by atoms with Crippen LogP contribution < -0.4 is 10.9 Å². The van der Waals surface area contributed by atoms with Gasteiger partial charge in [-0.25, -0.2) is 9.97 Å². The van der Waals surface area contributed by atoms with Crippen molar-refractivity contribution in [1.82, 2.24) is 14.5 Å². The summed E-state index contributed by atoms with van der Waals surface area (Å²) >= 11 is 0. The van der Waals surface area contributed by atoms with Crippen molar-refractivity contribution in [1.29, 1.82) is 0 Å². The highest BCUT2D eigenvalue weighted by Gasteiger charge is 2.12. The van der Waals surface area contributed by atoms with Gasteiger partial charge in [0, 0.05) is 30.2 Å². The van der Waals surface area contributed by atoms with Crippen molar-refractivity contribution in [2.75, 3.05) is 11.9 Å². The second kappa shape index (κ2) is 7.00. The van der Waals surface area contributed by atoms with Gasteiger partial charge in [-0.15, -0.1) is 0 Å². The zero-order valence-electron chi connectivity index (χ0n) is 14.6. The maximum atomic E-state index is 11.9. The Morgan fingerprint density at radius 2 is 1.96 bits per heavy atom. The minimum Gasteiger partial charge on any atom is -0.450 e. The molecule has 132 valence electrons. The number of hydrogen-bond acceptors (Lipinski definition) is 5. The number of benzene rings is 1. The van der Waals surface area contributed by atoms with E-state index < -0.39 is 0 Å². The summed E-state index contributed by atoms with van der Waals surface area (Å²) in [6.45, 7) is 3.43. The highest BCUT2D eigenvalue weighted by atomic mass is 16.3. The zero-order chi connectivity index (χ0) is 17.9. The first-order chi connectivity index (χ1) is 12.7. The Morgan fingerprint density at radius 1 is 1.08 bits per heavy atom. The van der Waals surface area contributed by atoms with Gasteiger partial charge in [0.05, 0.1) is 0 Å². The Balaban J connectivity index is 1.42. The van der Waals surface area contributed by atoms with Crippen molar-refractivity contribution in [3.05, 3.63) is 64.8 Å². The first-order valence-electron chi connectivity index (χ1n) is 8.76. The van der Waals surface area contributed by atoms with Crippen LogP contribution in [0.1, 0.15) is 18.5 Å². The molecule has 0 saturated carbocycles. The topological polar surface area (TPSA) is 73.0 Å². The third-order valence-corrected chi connectivity index (χ3v) is 4.53. The zero-order valence-corrected chi connectivity index (χ0v) is 14.6. The fraction of sp³-hybridized carbons (Fsp3) is 0.250. The summed E-state index contributed by atoms with van der Waals surface area (Å²) in [5.74, 6) is 0.708. The average molecular weight is 348 g/mol. The molecule has 3 heterocycles. The van der Waals surface area contributed by atoms with Crippen LogP contribution >= 0.6 is 0 Å². The second-order valence-corrected chi connectivity index (χ2v) is 6.29. The second-order valence-electron chi connectivity index (χ2n) is 6.29. The number of hydrogen-bond donors (Lipinski definition) is 1. The Hall–Kier alpha value is -3.15. The van der Waals surface area contributed by atoms with E-state index in [9.17, 15) is 4.79 Å². The average Bonchev–Trinajstić information content (AvgIpc) is 3.03. The SMILES string of the molecule is Cc1cccc(=O)n1CCCCNc1ncnc2c1oc1ccccc12. The third-order valence-electron chi connectivity index (χ3n) is 4.53. The van der Waals surface area contributed by atoms with Gasteiger partial charge in [0.25, 0.3) is 5.56 Å². The molecule has 26 heavy (non-hydrogen) atoms. The van der Waals surface area contributed by atoms with Crippen molar-refractivity contribution in [3.8, 4) is 0 Å². The molecule has 0 aliphatic rings. The first kappa shape index (κ1) is 16.3. The van der Waals surface area contributed by atoms with Crippen molar-refractivity contribution in [2.24, 2.45) is 0 Å². The van der Waals surface area contributed by atoms with Gasteiger partial charge >= 0.3 is 0 Å². The summed E-state index contributed by atoms with van der Waals surface area (Å²) in [5.41, 5.74) is 3.36. The lowest BCUT2D eigenvalue weighted by Crippen LogP contribution is -2.21. The van der Waals surface area contributed by atoms with Gasteiger partial charge in [0.1, 0.15) is 17.4 Å². The monoisotopic (exact) mass is 348 g/mol. The Bertz CT molecular complexity index is 1110. The Morgan fingerprint density at radius 3 is 2.85 bits per heavy atom. The molecular weight excluding hydrogens is 328 g/mol. The number of anilines is 1. The molecule has 4 rings (SSSR count). The standard InChI is InChI=1S/C20H20N4O2/c1-14-7-6-10-17(25)24(14)12-5-4-11-21-20-19-18(22-13-23-20)15-8-2-3-9-16(15)26-19/h2-3,6-10,13H,4-5,11-12H2,1H3,(H,21,22,23). The number of rotatable bonds is 6. The van der Waals surface area contributed by atoms with Crippen LogP contribution in [-0.2, 0) is 6.54 Å². The van der Waals surface area contributed by atoms with E-state index in [0.29, 0.717) is 11.4 Å². The number of nitrogens with zero attached hydrogens (tertiary/aromatic N) is 3. The predicted molar refractivity (Wildman–Crippen MR) is 102 cm³/mol. The predicted octanol–water partition coefficient (Wildman–Crippen LogP) is 3.74. The van der Waals surface area contributed by atoms with E-state index in [1.54, 1.807) is 18.5 Å². The van der Waals surface area contributed by atoms with Crippen LogP contribution in [0.3, 0.4) is 0 Å². The summed E-state index contributed by atoms with van der Waals surface area (Å²) < 4.78 is 7.72. The van der Waals surface area contributed by atoms with Gasteiger partial charge in [0.15, 0.2) is 11.4 Å². The number of unbranched alkanes of at least 4 members (excludes halogenated alkanes) is 1. The summed E-state index contributed by atoms with van der Waals surface area (Å²) in [4.78, 5) is 20.5. The van der Waals surface area contributed by atoms with E-state index >= 15 is 0 Å². The molecule has 4 aromatic rings. The molecule has 0 fully saturated rings. The number of fused-ring (bicyclic) bond motifs is 3. The normalized spacial score (nSPS) is 11.3. The number of para-hydroxylation sites is 1. The van der Waals surface area contributed by atoms with Crippen molar-refractivity contribution >= 4 is 27.9 Å². The van der Waals surface area contributed by atoms with Crippen LogP contribution in [-0.4, -0.2) is 21.1 Å². The van der Waals surface area contributed by atoms with Gasteiger partial charge in [-0.3, -0.25) is 4.79 Å². The third kappa shape index (κ3) is 3.06. The van der Waals surface area contributed by atoms with Crippen LogP contribution in [0.25, 0.3) is 22.1 Å². The molecule has 0 aliphatic carbocycles. The highest BCUT2D eigenvalue weighted by molar-refractivity contribution is 6.05. The maximum absolute atomic E-state index is 11.9. The van der Waals surface area contributed by atoms with Crippen LogP contribution in [0, 0.1) is 6.92 Å². The molecule has 6 heteroatoms. The van der Waals surface area contributed by atoms with Crippen molar-refractivity contribution in [3.63, 3.8) is 0 Å². The van der Waals surface area contributed by atoms with Crippen LogP contribution in [0.15, 0.2) is 58.0 Å². The first-order valence-corrected chi connectivity index (χ1v) is 8.76. The van der Waals surface area contributed by atoms with E-state index in [1.165, 1.54) is 0 Å². The molecule has 0 amide bonds. The molecule has 0 saturated heterocycles. The fourth-order valence-electron chi connectivity index (χ4n) is 3.16. The van der Waals surface area contributed by atoms with Gasteiger partial charge < -0.3 is 14.3 Å². The van der Waals surface area contributed by atoms with Gasteiger partial charge in [-0.05, 0) is 38.0 Å². The number of nitrogens with one attached hydrogen (secondary N) is 1. The molecule has 0 aliphatic heterocycles. The Labute approximate surface area is 150 Å². The molecule has 0 unspecified atom stereocenters. The fourth-order valence-corrected chi connectivity index (χ4v) is 3.16. The van der Waals surface area contributed by atoms with Gasteiger partial charge in [-0.2, -0.15) is 0 Å². The van der Waals surface area contributed by atoms with E-state index in [0.717, 1.165) is 48.1 Å². The summed E-state index contributed by atoms with van der Waals surface area (Å²) in [6.07, 6.45) is 3.39. The molecule has 3 aromatic heterocycles. The largest absolute Gasteiger partial charge is 0.450 e. The lowest BCUT2D eigenvalue weighted by atomic mass is 10.2. The lowest BCUT2D eigenvalue weighted by Gasteiger charge is -2.09. The van der Waals surface area contributed by atoms with E-state index in [2.05, 4.69) is 15.3 Å². The number of furan rings is 1. The van der Waals surface area contributed by atoms with Gasteiger partial charge in [-0.1, -0.05) is 18.2 Å². The maximum Gasteiger partial charge on any atom is 0.250 e. The molecule has 0 radical (unpaired) electrons. The van der Waals surface area contributed by atoms with Crippen LogP contribution in [0.2, 0.25) is 0 Å². The summed E-state index contributed by atoms with van der Waals surface area (Å²) in [5, 5.41) is 4.32. The van der Waals surface area contributed by atoms with E-state index in [-0.39, 0.29) is 5.56 Å². The highest BCUT2D eigenvalue weighted by Crippen LogP contribution is 2.30. The van der Waals surface area contributed by atoms with E-state index in [4.69, 9.17) is 4.42 Å². The number of aromatic nitrogens is 3. The number of pyridine rings is 1. The minimum absolute atomic E-state index is 0.0535. The smallest absolute Gasteiger partial charge is 0.250 e. The van der Waals surface area contributed by atoms with Crippen molar-refractivity contribution < 1.29 is 4.42 Å².